The summed E-state index contributed by atoms with van der Waals surface area (Å²) in [7, 11) is 0. The van der Waals surface area contributed by atoms with Crippen molar-refractivity contribution >= 4 is 35.1 Å². The van der Waals surface area contributed by atoms with Gasteiger partial charge in [0.05, 0.1) is 18.4 Å². The first kappa shape index (κ1) is 26.8. The van der Waals surface area contributed by atoms with Crippen molar-refractivity contribution in [3.8, 4) is 11.3 Å². The number of carbonyl (C=O) groups is 2. The number of alkyl halides is 2. The third-order valence-electron chi connectivity index (χ3n) is 6.00. The first-order chi connectivity index (χ1) is 17.9. The van der Waals surface area contributed by atoms with E-state index in [0.29, 0.717) is 16.9 Å². The SMILES string of the molecule is CC(F)(F)CNC(=O)Nc1cccc(-c2cnc3cc(C(C=NC(C)(C)C(=O)NC4CC4)=CN)ccn23)c1. The highest BCUT2D eigenvalue weighted by atomic mass is 19.3. The summed E-state index contributed by atoms with van der Waals surface area (Å²) in [6.07, 6.45) is 8.57. The molecule has 38 heavy (non-hydrogen) atoms. The molecule has 3 aromatic rings. The third kappa shape index (κ3) is 6.72. The molecule has 9 nitrogen and oxygen atoms in total. The first-order valence-electron chi connectivity index (χ1n) is 12.2. The Kier molecular flexibility index (Phi) is 7.47. The molecular weight excluding hydrogens is 492 g/mol. The molecule has 1 saturated carbocycles. The Morgan fingerprint density at radius 1 is 1.21 bits per heavy atom. The summed E-state index contributed by atoms with van der Waals surface area (Å²) in [6, 6.07) is 10.2. The van der Waals surface area contributed by atoms with Gasteiger partial charge in [0.2, 0.25) is 5.91 Å². The predicted octanol–water partition coefficient (Wildman–Crippen LogP) is 4.21. The highest BCUT2D eigenvalue weighted by Gasteiger charge is 2.32. The van der Waals surface area contributed by atoms with Gasteiger partial charge in [0, 0.05) is 48.4 Å². The third-order valence-corrected chi connectivity index (χ3v) is 6.00. The molecule has 200 valence electrons. The molecule has 1 aliphatic rings. The van der Waals surface area contributed by atoms with Crippen LogP contribution in [0.4, 0.5) is 19.3 Å². The van der Waals surface area contributed by atoms with Gasteiger partial charge in [-0.2, -0.15) is 0 Å². The largest absolute Gasteiger partial charge is 0.404 e. The van der Waals surface area contributed by atoms with E-state index in [1.807, 2.05) is 28.8 Å². The van der Waals surface area contributed by atoms with E-state index in [2.05, 4.69) is 25.9 Å². The molecule has 0 aliphatic heterocycles. The molecule has 1 aromatic carbocycles. The highest BCUT2D eigenvalue weighted by Crippen LogP contribution is 2.26. The second-order valence-corrected chi connectivity index (χ2v) is 9.93. The number of amides is 3. The number of nitrogens with two attached hydrogens (primary N) is 1. The quantitative estimate of drug-likeness (QED) is 0.314. The normalized spacial score (nSPS) is 14.6. The van der Waals surface area contributed by atoms with Crippen LogP contribution in [-0.2, 0) is 4.79 Å². The lowest BCUT2D eigenvalue weighted by Crippen LogP contribution is -2.41. The molecule has 3 amide bonds. The van der Waals surface area contributed by atoms with Gasteiger partial charge in [-0.3, -0.25) is 14.2 Å². The van der Waals surface area contributed by atoms with Crippen molar-refractivity contribution in [1.29, 1.82) is 0 Å². The fourth-order valence-electron chi connectivity index (χ4n) is 3.63. The number of rotatable bonds is 9. The Morgan fingerprint density at radius 3 is 2.66 bits per heavy atom. The van der Waals surface area contributed by atoms with Crippen molar-refractivity contribution in [3.05, 3.63) is 60.6 Å². The maximum absolute atomic E-state index is 13.0. The van der Waals surface area contributed by atoms with E-state index in [1.54, 1.807) is 44.5 Å². The number of urea groups is 1. The number of nitrogens with one attached hydrogen (secondary N) is 3. The fourth-order valence-corrected chi connectivity index (χ4v) is 3.63. The van der Waals surface area contributed by atoms with E-state index in [9.17, 15) is 18.4 Å². The number of pyridine rings is 1. The molecule has 0 spiro atoms. The minimum Gasteiger partial charge on any atom is -0.404 e. The number of fused-ring (bicyclic) bond motifs is 1. The fraction of sp³-hybridized carbons (Fsp3) is 0.333. The standard InChI is InChI=1S/C27H31F2N7O2/c1-26(2,24(37)34-20-7-8-20)33-14-19(13-30)17-9-10-36-22(15-31-23(36)12-17)18-5-4-6-21(11-18)35-25(38)32-16-27(3,28)29/h4-6,9-15,20H,7-8,16,30H2,1-3H3,(H,34,37)(H2,32,35,38). The Bertz CT molecular complexity index is 1400. The van der Waals surface area contributed by atoms with Crippen molar-refractivity contribution in [1.82, 2.24) is 20.0 Å². The lowest BCUT2D eigenvalue weighted by Gasteiger charge is -2.19. The molecule has 5 N–H and O–H groups in total. The van der Waals surface area contributed by atoms with Gasteiger partial charge in [-0.15, -0.1) is 0 Å². The number of carbonyl (C=O) groups excluding carboxylic acids is 2. The van der Waals surface area contributed by atoms with Crippen LogP contribution < -0.4 is 21.7 Å². The van der Waals surface area contributed by atoms with Crippen LogP contribution >= 0.6 is 0 Å². The zero-order chi connectivity index (χ0) is 27.5. The first-order valence-corrected chi connectivity index (χ1v) is 12.2. The number of halogens is 2. The van der Waals surface area contributed by atoms with Gasteiger partial charge < -0.3 is 21.7 Å². The van der Waals surface area contributed by atoms with Gasteiger partial charge in [0.25, 0.3) is 5.92 Å². The van der Waals surface area contributed by atoms with Crippen LogP contribution in [0.2, 0.25) is 0 Å². The van der Waals surface area contributed by atoms with Gasteiger partial charge in [0.15, 0.2) is 0 Å². The Morgan fingerprint density at radius 2 is 1.97 bits per heavy atom. The number of imidazole rings is 1. The lowest BCUT2D eigenvalue weighted by molar-refractivity contribution is -0.125. The van der Waals surface area contributed by atoms with Crippen LogP contribution in [0.1, 0.15) is 39.2 Å². The van der Waals surface area contributed by atoms with E-state index < -0.39 is 24.0 Å². The molecule has 11 heteroatoms. The van der Waals surface area contributed by atoms with E-state index >= 15 is 0 Å². The molecule has 0 atom stereocenters. The van der Waals surface area contributed by atoms with Gasteiger partial charge in [-0.1, -0.05) is 12.1 Å². The van der Waals surface area contributed by atoms with Crippen molar-refractivity contribution < 1.29 is 18.4 Å². The van der Waals surface area contributed by atoms with Crippen LogP contribution in [0, 0.1) is 0 Å². The molecule has 0 unspecified atom stereocenters. The zero-order valence-electron chi connectivity index (χ0n) is 21.5. The number of hydrogen-bond acceptors (Lipinski definition) is 5. The molecule has 0 radical (unpaired) electrons. The Hall–Kier alpha value is -4.28. The average Bonchev–Trinajstić information content (AvgIpc) is 3.58. The monoisotopic (exact) mass is 523 g/mol. The van der Waals surface area contributed by atoms with Crippen LogP contribution in [0.3, 0.4) is 0 Å². The molecule has 2 heterocycles. The summed E-state index contributed by atoms with van der Waals surface area (Å²) in [5.74, 6) is -3.13. The highest BCUT2D eigenvalue weighted by molar-refractivity contribution is 6.10. The molecular formula is C27H31F2N7O2. The molecule has 2 aromatic heterocycles. The maximum Gasteiger partial charge on any atom is 0.319 e. The number of anilines is 1. The van der Waals surface area contributed by atoms with Crippen molar-refractivity contribution in [3.63, 3.8) is 0 Å². The van der Waals surface area contributed by atoms with E-state index in [1.165, 1.54) is 6.20 Å². The van der Waals surface area contributed by atoms with Gasteiger partial charge in [0.1, 0.15) is 11.2 Å². The molecule has 1 fully saturated rings. The predicted molar refractivity (Wildman–Crippen MR) is 144 cm³/mol. The Labute approximate surface area is 219 Å². The van der Waals surface area contributed by atoms with Gasteiger partial charge in [-0.25, -0.2) is 18.6 Å². The Balaban J connectivity index is 1.50. The summed E-state index contributed by atoms with van der Waals surface area (Å²) < 4.78 is 27.9. The van der Waals surface area contributed by atoms with E-state index in [4.69, 9.17) is 5.73 Å². The van der Waals surface area contributed by atoms with Crippen LogP contribution in [-0.4, -0.2) is 51.6 Å². The number of allylic oxidation sites excluding steroid dienone is 1. The summed E-state index contributed by atoms with van der Waals surface area (Å²) in [5.41, 5.74) is 8.99. The van der Waals surface area contributed by atoms with E-state index in [-0.39, 0.29) is 11.9 Å². The summed E-state index contributed by atoms with van der Waals surface area (Å²) in [5, 5.41) is 7.69. The van der Waals surface area contributed by atoms with Gasteiger partial charge >= 0.3 is 6.03 Å². The molecule has 0 bridgehead atoms. The number of hydrogen-bond donors (Lipinski definition) is 4. The van der Waals surface area contributed by atoms with Crippen molar-refractivity contribution in [2.24, 2.45) is 10.7 Å². The smallest absolute Gasteiger partial charge is 0.319 e. The molecule has 0 saturated heterocycles. The molecule has 4 rings (SSSR count). The summed E-state index contributed by atoms with van der Waals surface area (Å²) >= 11 is 0. The van der Waals surface area contributed by atoms with Gasteiger partial charge in [-0.05, 0) is 56.5 Å². The van der Waals surface area contributed by atoms with Crippen molar-refractivity contribution in [2.75, 3.05) is 11.9 Å². The van der Waals surface area contributed by atoms with Crippen LogP contribution in [0.25, 0.3) is 22.5 Å². The number of aromatic nitrogens is 2. The average molecular weight is 524 g/mol. The lowest BCUT2D eigenvalue weighted by atomic mass is 10.0. The zero-order valence-corrected chi connectivity index (χ0v) is 21.5. The number of aliphatic imine (C=N–C) groups is 1. The number of benzene rings is 1. The summed E-state index contributed by atoms with van der Waals surface area (Å²) in [6.45, 7) is 3.48. The molecule has 1 aliphatic carbocycles. The van der Waals surface area contributed by atoms with Crippen LogP contribution in [0.15, 0.2) is 60.0 Å². The van der Waals surface area contributed by atoms with Crippen LogP contribution in [0.5, 0.6) is 0 Å². The minimum atomic E-state index is -3.00. The second kappa shape index (κ2) is 10.6. The summed E-state index contributed by atoms with van der Waals surface area (Å²) in [4.78, 5) is 33.4. The van der Waals surface area contributed by atoms with E-state index in [0.717, 1.165) is 36.6 Å². The van der Waals surface area contributed by atoms with Crippen molar-refractivity contribution in [2.45, 2.75) is 51.1 Å². The minimum absolute atomic E-state index is 0.126. The topological polar surface area (TPSA) is 126 Å². The maximum atomic E-state index is 13.0. The number of nitrogens with zero attached hydrogens (tertiary/aromatic N) is 3. The second-order valence-electron chi connectivity index (χ2n) is 9.93.